The third kappa shape index (κ3) is 3.24. The molecule has 23 heavy (non-hydrogen) atoms. The number of nitrogens with zero attached hydrogens (tertiary/aromatic N) is 3. The highest BCUT2D eigenvalue weighted by Gasteiger charge is 2.13. The first-order chi connectivity index (χ1) is 11.2. The van der Waals surface area contributed by atoms with E-state index in [1.807, 2.05) is 36.5 Å². The zero-order chi connectivity index (χ0) is 16.2. The van der Waals surface area contributed by atoms with Crippen LogP contribution >= 0.6 is 0 Å². The van der Waals surface area contributed by atoms with Crippen molar-refractivity contribution < 1.29 is 4.42 Å². The number of hydrogen-bond donors (Lipinski definition) is 2. The van der Waals surface area contributed by atoms with E-state index < -0.39 is 0 Å². The molecule has 0 bridgehead atoms. The highest BCUT2D eigenvalue weighted by molar-refractivity contribution is 5.99. The van der Waals surface area contributed by atoms with E-state index >= 15 is 0 Å². The normalized spacial score (nSPS) is 11.4. The predicted molar refractivity (Wildman–Crippen MR) is 89.3 cm³/mol. The van der Waals surface area contributed by atoms with Gasteiger partial charge in [0, 0.05) is 29.1 Å². The average molecular weight is 307 g/mol. The van der Waals surface area contributed by atoms with Gasteiger partial charge in [-0.05, 0) is 12.0 Å². The third-order valence-electron chi connectivity index (χ3n) is 3.35. The number of hydrogen-bond acceptors (Lipinski definition) is 5. The van der Waals surface area contributed by atoms with Crippen LogP contribution in [0.2, 0.25) is 0 Å². The summed E-state index contributed by atoms with van der Waals surface area (Å²) >= 11 is 0. The Morgan fingerprint density at radius 2 is 2.26 bits per heavy atom. The fourth-order valence-electron chi connectivity index (χ4n) is 2.31. The zero-order valence-corrected chi connectivity index (χ0v) is 13.0. The number of nitriles is 1. The zero-order valence-electron chi connectivity index (χ0n) is 13.0. The van der Waals surface area contributed by atoms with Gasteiger partial charge in [0.05, 0.1) is 6.21 Å². The second-order valence-electron chi connectivity index (χ2n) is 5.65. The number of aromatic nitrogens is 2. The van der Waals surface area contributed by atoms with Crippen molar-refractivity contribution >= 4 is 23.0 Å². The van der Waals surface area contributed by atoms with Crippen molar-refractivity contribution in [3.8, 4) is 6.07 Å². The maximum absolute atomic E-state index is 9.12. The number of hydrazone groups is 1. The molecule has 0 aliphatic heterocycles. The van der Waals surface area contributed by atoms with Crippen LogP contribution in [-0.4, -0.2) is 16.2 Å². The van der Waals surface area contributed by atoms with Gasteiger partial charge < -0.3 is 9.40 Å². The lowest BCUT2D eigenvalue weighted by Gasteiger charge is -1.98. The van der Waals surface area contributed by atoms with E-state index in [1.54, 1.807) is 6.21 Å². The standard InChI is InChI=1S/C17H17N5O/c1-11(2)7-16-21-15(8-18)17(23-16)22-20-10-12-9-19-14-6-4-3-5-13(12)14/h3-6,9-11,19,22H,7H2,1-2H3/b20-10+. The largest absolute Gasteiger partial charge is 0.422 e. The van der Waals surface area contributed by atoms with Gasteiger partial charge >= 0.3 is 0 Å². The van der Waals surface area contributed by atoms with E-state index in [9.17, 15) is 0 Å². The van der Waals surface area contributed by atoms with Gasteiger partial charge in [0.25, 0.3) is 5.88 Å². The van der Waals surface area contributed by atoms with Crippen LogP contribution in [0.5, 0.6) is 0 Å². The van der Waals surface area contributed by atoms with Gasteiger partial charge in [-0.25, -0.2) is 10.4 Å². The van der Waals surface area contributed by atoms with Gasteiger partial charge in [-0.3, -0.25) is 0 Å². The van der Waals surface area contributed by atoms with Crippen LogP contribution in [-0.2, 0) is 6.42 Å². The summed E-state index contributed by atoms with van der Waals surface area (Å²) in [6.07, 6.45) is 4.25. The summed E-state index contributed by atoms with van der Waals surface area (Å²) < 4.78 is 5.56. The number of H-pyrrole nitrogens is 1. The molecular formula is C17H17N5O. The highest BCUT2D eigenvalue weighted by Crippen LogP contribution is 2.19. The molecule has 2 heterocycles. The molecule has 3 rings (SSSR count). The number of nitrogens with one attached hydrogen (secondary N) is 2. The van der Waals surface area contributed by atoms with Crippen molar-refractivity contribution in [1.82, 2.24) is 9.97 Å². The van der Waals surface area contributed by atoms with E-state index in [0.717, 1.165) is 16.5 Å². The van der Waals surface area contributed by atoms with Crippen LogP contribution in [0.1, 0.15) is 31.0 Å². The lowest BCUT2D eigenvalue weighted by atomic mass is 10.1. The summed E-state index contributed by atoms with van der Waals surface area (Å²) in [6, 6.07) is 9.98. The Morgan fingerprint density at radius 1 is 1.43 bits per heavy atom. The van der Waals surface area contributed by atoms with Crippen LogP contribution < -0.4 is 5.43 Å². The summed E-state index contributed by atoms with van der Waals surface area (Å²) in [5.41, 5.74) is 4.98. The molecule has 0 saturated carbocycles. The first-order valence-electron chi connectivity index (χ1n) is 7.42. The molecule has 0 atom stereocenters. The lowest BCUT2D eigenvalue weighted by molar-refractivity contribution is 0.466. The summed E-state index contributed by atoms with van der Waals surface area (Å²) in [4.78, 5) is 7.34. The van der Waals surface area contributed by atoms with Crippen molar-refractivity contribution in [2.24, 2.45) is 11.0 Å². The van der Waals surface area contributed by atoms with Gasteiger partial charge in [-0.2, -0.15) is 10.4 Å². The number of anilines is 1. The van der Waals surface area contributed by atoms with Crippen LogP contribution in [0, 0.1) is 17.2 Å². The van der Waals surface area contributed by atoms with Crippen molar-refractivity contribution in [2.45, 2.75) is 20.3 Å². The molecule has 0 aliphatic rings. The molecule has 6 nitrogen and oxygen atoms in total. The highest BCUT2D eigenvalue weighted by atomic mass is 16.4. The fraction of sp³-hybridized carbons (Fsp3) is 0.235. The Kier molecular flexibility index (Phi) is 4.11. The Labute approximate surface area is 133 Å². The van der Waals surface area contributed by atoms with Gasteiger partial charge in [-0.1, -0.05) is 32.0 Å². The average Bonchev–Trinajstić information content (AvgIpc) is 3.11. The van der Waals surface area contributed by atoms with E-state index in [-0.39, 0.29) is 11.6 Å². The first kappa shape index (κ1) is 14.9. The molecule has 116 valence electrons. The van der Waals surface area contributed by atoms with Crippen LogP contribution in [0.25, 0.3) is 10.9 Å². The van der Waals surface area contributed by atoms with Crippen LogP contribution in [0.15, 0.2) is 40.0 Å². The second kappa shape index (κ2) is 6.36. The monoisotopic (exact) mass is 307 g/mol. The molecule has 0 unspecified atom stereocenters. The number of aromatic amines is 1. The molecule has 2 aromatic heterocycles. The Balaban J connectivity index is 1.77. The Hall–Kier alpha value is -3.07. The van der Waals surface area contributed by atoms with Gasteiger partial charge in [0.2, 0.25) is 5.69 Å². The minimum Gasteiger partial charge on any atom is -0.422 e. The molecule has 6 heteroatoms. The number of oxazole rings is 1. The molecule has 0 aliphatic carbocycles. The Bertz CT molecular complexity index is 882. The van der Waals surface area contributed by atoms with Crippen molar-refractivity contribution in [3.63, 3.8) is 0 Å². The number of rotatable bonds is 5. The topological polar surface area (TPSA) is 90.0 Å². The molecule has 2 N–H and O–H groups in total. The Morgan fingerprint density at radius 3 is 3.04 bits per heavy atom. The molecular weight excluding hydrogens is 290 g/mol. The lowest BCUT2D eigenvalue weighted by Crippen LogP contribution is -1.93. The minimum atomic E-state index is 0.219. The fourth-order valence-corrected chi connectivity index (χ4v) is 2.31. The summed E-state index contributed by atoms with van der Waals surface area (Å²) in [5, 5.41) is 14.4. The molecule has 0 radical (unpaired) electrons. The minimum absolute atomic E-state index is 0.219. The summed E-state index contributed by atoms with van der Waals surface area (Å²) in [7, 11) is 0. The third-order valence-corrected chi connectivity index (χ3v) is 3.35. The quantitative estimate of drug-likeness (QED) is 0.556. The first-order valence-corrected chi connectivity index (χ1v) is 7.42. The van der Waals surface area contributed by atoms with Gasteiger partial charge in [0.1, 0.15) is 6.07 Å². The van der Waals surface area contributed by atoms with Gasteiger partial charge in [-0.15, -0.1) is 0 Å². The number of para-hydroxylation sites is 1. The predicted octanol–water partition coefficient (Wildman–Crippen LogP) is 3.67. The van der Waals surface area contributed by atoms with E-state index in [4.69, 9.17) is 9.68 Å². The van der Waals surface area contributed by atoms with Crippen LogP contribution in [0.3, 0.4) is 0 Å². The van der Waals surface area contributed by atoms with Crippen LogP contribution in [0.4, 0.5) is 5.88 Å². The van der Waals surface area contributed by atoms with E-state index in [2.05, 4.69) is 34.3 Å². The molecule has 3 aromatic rings. The van der Waals surface area contributed by atoms with Crippen molar-refractivity contribution in [2.75, 3.05) is 5.43 Å². The van der Waals surface area contributed by atoms with E-state index in [1.165, 1.54) is 0 Å². The van der Waals surface area contributed by atoms with Crippen molar-refractivity contribution in [1.29, 1.82) is 5.26 Å². The molecule has 0 amide bonds. The maximum atomic E-state index is 9.12. The number of fused-ring (bicyclic) bond motifs is 1. The summed E-state index contributed by atoms with van der Waals surface area (Å²) in [6.45, 7) is 4.14. The smallest absolute Gasteiger partial charge is 0.252 e. The molecule has 0 saturated heterocycles. The molecule has 0 fully saturated rings. The molecule has 1 aromatic carbocycles. The van der Waals surface area contributed by atoms with E-state index in [0.29, 0.717) is 18.2 Å². The molecule has 0 spiro atoms. The number of benzene rings is 1. The summed E-state index contributed by atoms with van der Waals surface area (Å²) in [5.74, 6) is 1.23. The van der Waals surface area contributed by atoms with Gasteiger partial charge in [0.15, 0.2) is 5.89 Å². The second-order valence-corrected chi connectivity index (χ2v) is 5.65. The maximum Gasteiger partial charge on any atom is 0.252 e. The SMILES string of the molecule is CC(C)Cc1nc(C#N)c(N/N=C/c2c[nH]c3ccccc23)o1. The van der Waals surface area contributed by atoms with Crippen molar-refractivity contribution in [3.05, 3.63) is 47.6 Å².